The summed E-state index contributed by atoms with van der Waals surface area (Å²) >= 11 is 0. The first kappa shape index (κ1) is 17.6. The molecule has 140 valence electrons. The van der Waals surface area contributed by atoms with Crippen LogP contribution in [0, 0.1) is 0 Å². The highest BCUT2D eigenvalue weighted by molar-refractivity contribution is 5.64. The van der Waals surface area contributed by atoms with Crippen molar-refractivity contribution in [3.8, 4) is 22.9 Å². The molecule has 2 aromatic carbocycles. The monoisotopic (exact) mass is 363 g/mol. The molecule has 0 spiro atoms. The van der Waals surface area contributed by atoms with Gasteiger partial charge in [-0.1, -0.05) is 24.3 Å². The van der Waals surface area contributed by atoms with Crippen molar-refractivity contribution in [1.29, 1.82) is 0 Å². The van der Waals surface area contributed by atoms with E-state index in [2.05, 4.69) is 27.6 Å². The van der Waals surface area contributed by atoms with Crippen LogP contribution in [0.15, 0.2) is 60.9 Å². The normalized spacial score (nSPS) is 15.7. The first-order chi connectivity index (χ1) is 13.2. The molecule has 0 aliphatic carbocycles. The summed E-state index contributed by atoms with van der Waals surface area (Å²) in [7, 11) is 2.16. The number of hydrogen-bond donors (Lipinski definition) is 1. The van der Waals surface area contributed by atoms with E-state index < -0.39 is 0 Å². The van der Waals surface area contributed by atoms with Gasteiger partial charge in [0.25, 0.3) is 0 Å². The molecule has 2 heterocycles. The van der Waals surface area contributed by atoms with Crippen LogP contribution in [0.25, 0.3) is 11.4 Å². The summed E-state index contributed by atoms with van der Waals surface area (Å²) in [6.07, 6.45) is 6.15. The van der Waals surface area contributed by atoms with Crippen LogP contribution >= 0.6 is 0 Å². The first-order valence-corrected chi connectivity index (χ1v) is 9.43. The Morgan fingerprint density at radius 2 is 1.81 bits per heavy atom. The van der Waals surface area contributed by atoms with Gasteiger partial charge in [0.2, 0.25) is 0 Å². The van der Waals surface area contributed by atoms with Crippen LogP contribution < -0.4 is 4.74 Å². The SMILES string of the molecule is CN1CCC(Oc2ccccc2-c2nccn2Cc2ccc(O)cc2)CC1. The van der Waals surface area contributed by atoms with Gasteiger partial charge in [-0.3, -0.25) is 0 Å². The third kappa shape index (κ3) is 4.14. The van der Waals surface area contributed by atoms with E-state index in [1.54, 1.807) is 12.1 Å². The highest BCUT2D eigenvalue weighted by Crippen LogP contribution is 2.31. The molecule has 1 aliphatic heterocycles. The molecule has 0 amide bonds. The van der Waals surface area contributed by atoms with Crippen molar-refractivity contribution in [3.05, 3.63) is 66.5 Å². The smallest absolute Gasteiger partial charge is 0.143 e. The van der Waals surface area contributed by atoms with Crippen LogP contribution in [0.3, 0.4) is 0 Å². The minimum Gasteiger partial charge on any atom is -0.508 e. The molecule has 1 saturated heterocycles. The molecule has 5 nitrogen and oxygen atoms in total. The number of nitrogens with zero attached hydrogens (tertiary/aromatic N) is 3. The minimum atomic E-state index is 0.253. The van der Waals surface area contributed by atoms with Crippen LogP contribution in [-0.2, 0) is 6.54 Å². The molecule has 3 aromatic rings. The molecule has 0 bridgehead atoms. The number of piperidine rings is 1. The van der Waals surface area contributed by atoms with Crippen molar-refractivity contribution < 1.29 is 9.84 Å². The fourth-order valence-electron chi connectivity index (χ4n) is 3.52. The van der Waals surface area contributed by atoms with Crippen LogP contribution in [0.4, 0.5) is 0 Å². The average molecular weight is 363 g/mol. The van der Waals surface area contributed by atoms with E-state index in [-0.39, 0.29) is 11.9 Å². The van der Waals surface area contributed by atoms with Gasteiger partial charge in [0.1, 0.15) is 23.4 Å². The summed E-state index contributed by atoms with van der Waals surface area (Å²) in [6, 6.07) is 15.4. The Morgan fingerprint density at radius 3 is 2.59 bits per heavy atom. The van der Waals surface area contributed by atoms with Crippen LogP contribution in [0.1, 0.15) is 18.4 Å². The largest absolute Gasteiger partial charge is 0.508 e. The van der Waals surface area contributed by atoms with Crippen LogP contribution in [-0.4, -0.2) is 45.8 Å². The van der Waals surface area contributed by atoms with E-state index in [9.17, 15) is 5.11 Å². The van der Waals surface area contributed by atoms with Crippen LogP contribution in [0.2, 0.25) is 0 Å². The number of rotatable bonds is 5. The molecule has 1 N–H and O–H groups in total. The predicted octanol–water partition coefficient (Wildman–Crippen LogP) is 3.78. The van der Waals surface area contributed by atoms with E-state index in [1.807, 2.05) is 42.7 Å². The zero-order chi connectivity index (χ0) is 18.6. The van der Waals surface area contributed by atoms with E-state index in [0.29, 0.717) is 6.54 Å². The Hall–Kier alpha value is -2.79. The lowest BCUT2D eigenvalue weighted by atomic mass is 10.1. The van der Waals surface area contributed by atoms with Crippen molar-refractivity contribution in [3.63, 3.8) is 0 Å². The zero-order valence-corrected chi connectivity index (χ0v) is 15.6. The van der Waals surface area contributed by atoms with E-state index in [1.165, 1.54) is 0 Å². The van der Waals surface area contributed by atoms with Gasteiger partial charge in [-0.25, -0.2) is 4.98 Å². The summed E-state index contributed by atoms with van der Waals surface area (Å²) in [4.78, 5) is 6.93. The number of benzene rings is 2. The van der Waals surface area contributed by atoms with Gasteiger partial charge in [-0.2, -0.15) is 0 Å². The van der Waals surface area contributed by atoms with E-state index >= 15 is 0 Å². The third-order valence-corrected chi connectivity index (χ3v) is 5.09. The molecule has 4 rings (SSSR count). The van der Waals surface area contributed by atoms with E-state index in [0.717, 1.165) is 48.6 Å². The maximum Gasteiger partial charge on any atom is 0.143 e. The Kier molecular flexibility index (Phi) is 5.12. The van der Waals surface area contributed by atoms with Gasteiger partial charge in [0.05, 0.1) is 5.56 Å². The second-order valence-electron chi connectivity index (χ2n) is 7.16. The summed E-state index contributed by atoms with van der Waals surface area (Å²) in [5, 5.41) is 9.49. The molecular formula is C22H25N3O2. The summed E-state index contributed by atoms with van der Waals surface area (Å²) < 4.78 is 8.48. The van der Waals surface area contributed by atoms with Gasteiger partial charge < -0.3 is 19.3 Å². The van der Waals surface area contributed by atoms with Crippen molar-refractivity contribution >= 4 is 0 Å². The molecule has 0 saturated carbocycles. The lowest BCUT2D eigenvalue weighted by Gasteiger charge is -2.29. The molecule has 1 fully saturated rings. The van der Waals surface area contributed by atoms with Crippen molar-refractivity contribution in [2.24, 2.45) is 0 Å². The van der Waals surface area contributed by atoms with Crippen LogP contribution in [0.5, 0.6) is 11.5 Å². The average Bonchev–Trinajstić information content (AvgIpc) is 3.14. The lowest BCUT2D eigenvalue weighted by molar-refractivity contribution is 0.115. The zero-order valence-electron chi connectivity index (χ0n) is 15.6. The number of aromatic hydroxyl groups is 1. The molecular weight excluding hydrogens is 338 g/mol. The lowest BCUT2D eigenvalue weighted by Crippen LogP contribution is -2.35. The molecule has 0 radical (unpaired) electrons. The predicted molar refractivity (Wildman–Crippen MR) is 106 cm³/mol. The number of phenols is 1. The summed E-state index contributed by atoms with van der Waals surface area (Å²) in [5.74, 6) is 2.07. The van der Waals surface area contributed by atoms with Gasteiger partial charge in [0, 0.05) is 32.0 Å². The van der Waals surface area contributed by atoms with Gasteiger partial charge >= 0.3 is 0 Å². The maximum atomic E-state index is 9.49. The van der Waals surface area contributed by atoms with Gasteiger partial charge in [-0.15, -0.1) is 0 Å². The molecule has 5 heteroatoms. The second-order valence-corrected chi connectivity index (χ2v) is 7.16. The molecule has 1 aromatic heterocycles. The molecule has 0 atom stereocenters. The topological polar surface area (TPSA) is 50.5 Å². The Bertz CT molecular complexity index is 881. The van der Waals surface area contributed by atoms with Gasteiger partial charge in [0.15, 0.2) is 0 Å². The van der Waals surface area contributed by atoms with Crippen molar-refractivity contribution in [2.45, 2.75) is 25.5 Å². The standard InChI is InChI=1S/C22H25N3O2/c1-24-13-10-19(11-14-24)27-21-5-3-2-4-20(21)22-23-12-15-25(22)16-17-6-8-18(26)9-7-17/h2-9,12,15,19,26H,10-11,13-14,16H2,1H3. The highest BCUT2D eigenvalue weighted by atomic mass is 16.5. The Morgan fingerprint density at radius 1 is 1.07 bits per heavy atom. The fraction of sp³-hybridized carbons (Fsp3) is 0.318. The third-order valence-electron chi connectivity index (χ3n) is 5.09. The number of imidazole rings is 1. The molecule has 27 heavy (non-hydrogen) atoms. The van der Waals surface area contributed by atoms with Crippen molar-refractivity contribution in [2.75, 3.05) is 20.1 Å². The second kappa shape index (κ2) is 7.84. The number of hydrogen-bond acceptors (Lipinski definition) is 4. The number of para-hydroxylation sites is 1. The van der Waals surface area contributed by atoms with E-state index in [4.69, 9.17) is 4.74 Å². The number of aromatic nitrogens is 2. The number of ether oxygens (including phenoxy) is 1. The summed E-state index contributed by atoms with van der Waals surface area (Å²) in [5.41, 5.74) is 2.13. The fourth-order valence-corrected chi connectivity index (χ4v) is 3.52. The maximum absolute atomic E-state index is 9.49. The Balaban J connectivity index is 1.57. The molecule has 1 aliphatic rings. The van der Waals surface area contributed by atoms with Crippen molar-refractivity contribution in [1.82, 2.24) is 14.5 Å². The number of phenolic OH excluding ortho intramolecular Hbond substituents is 1. The number of likely N-dealkylation sites (tertiary alicyclic amines) is 1. The van der Waals surface area contributed by atoms with Gasteiger partial charge in [-0.05, 0) is 49.7 Å². The highest BCUT2D eigenvalue weighted by Gasteiger charge is 2.20. The Labute approximate surface area is 159 Å². The summed E-state index contributed by atoms with van der Waals surface area (Å²) in [6.45, 7) is 2.84. The minimum absolute atomic E-state index is 0.253. The molecule has 0 unspecified atom stereocenters. The quantitative estimate of drug-likeness (QED) is 0.750. The first-order valence-electron chi connectivity index (χ1n) is 9.43.